The molecule has 0 amide bonds. The van der Waals surface area contributed by atoms with Crippen LogP contribution in [0.25, 0.3) is 0 Å². The Morgan fingerprint density at radius 1 is 1.19 bits per heavy atom. The van der Waals surface area contributed by atoms with Gasteiger partial charge in [0.25, 0.3) is 0 Å². The molecule has 128 valence electrons. The minimum atomic E-state index is -2.94. The van der Waals surface area contributed by atoms with Crippen molar-refractivity contribution in [2.75, 3.05) is 24.6 Å². The highest BCUT2D eigenvalue weighted by Crippen LogP contribution is 2.02. The molecule has 0 saturated heterocycles. The van der Waals surface area contributed by atoms with Crippen LogP contribution in [0.2, 0.25) is 0 Å². The maximum atomic E-state index is 11.4. The average Bonchev–Trinajstić information content (AvgIpc) is 2.39. The first-order valence-corrected chi connectivity index (χ1v) is 9.52. The van der Waals surface area contributed by atoms with Crippen molar-refractivity contribution in [2.45, 2.75) is 59.4 Å². The summed E-state index contributed by atoms with van der Waals surface area (Å²) >= 11 is 0. The summed E-state index contributed by atoms with van der Waals surface area (Å²) < 4.78 is 22.9. The van der Waals surface area contributed by atoms with Gasteiger partial charge in [-0.05, 0) is 20.3 Å². The molecule has 0 aliphatic rings. The van der Waals surface area contributed by atoms with Gasteiger partial charge in [-0.3, -0.25) is 4.99 Å². The lowest BCUT2D eigenvalue weighted by molar-refractivity contribution is 0.547. The van der Waals surface area contributed by atoms with Crippen molar-refractivity contribution < 1.29 is 8.42 Å². The van der Waals surface area contributed by atoms with E-state index in [-0.39, 0.29) is 35.5 Å². The number of halogens is 1. The summed E-state index contributed by atoms with van der Waals surface area (Å²) in [5.74, 6) is 1.01. The maximum absolute atomic E-state index is 11.4. The van der Waals surface area contributed by atoms with E-state index in [0.29, 0.717) is 18.5 Å². The van der Waals surface area contributed by atoms with Crippen LogP contribution in [0, 0.1) is 0 Å². The van der Waals surface area contributed by atoms with E-state index >= 15 is 0 Å². The normalized spacial score (nSPS) is 13.4. The first kappa shape index (κ1) is 23.2. The van der Waals surface area contributed by atoms with Crippen molar-refractivity contribution >= 4 is 39.8 Å². The zero-order valence-electron chi connectivity index (χ0n) is 13.8. The van der Waals surface area contributed by atoms with E-state index in [1.807, 2.05) is 6.92 Å². The molecule has 0 spiro atoms. The van der Waals surface area contributed by atoms with Gasteiger partial charge in [-0.25, -0.2) is 8.42 Å². The van der Waals surface area contributed by atoms with E-state index in [4.69, 9.17) is 0 Å². The number of aliphatic imine (C=N–C) groups is 1. The lowest BCUT2D eigenvalue weighted by Crippen LogP contribution is -2.42. The quantitative estimate of drug-likeness (QED) is 0.241. The van der Waals surface area contributed by atoms with Gasteiger partial charge in [-0.1, -0.05) is 33.1 Å². The second-order valence-electron chi connectivity index (χ2n) is 5.04. The molecule has 0 heterocycles. The molecule has 0 aliphatic heterocycles. The maximum Gasteiger partial charge on any atom is 0.191 e. The molecular formula is C14H32IN3O2S. The summed E-state index contributed by atoms with van der Waals surface area (Å²) in [7, 11) is -2.94. The van der Waals surface area contributed by atoms with Crippen LogP contribution in [0.5, 0.6) is 0 Å². The molecule has 0 aromatic heterocycles. The number of unbranched alkanes of at least 4 members (excludes halogenated alkanes) is 2. The third-order valence-corrected chi connectivity index (χ3v) is 4.76. The molecule has 0 rings (SSSR count). The molecule has 0 saturated carbocycles. The Kier molecular flexibility index (Phi) is 15.0. The van der Waals surface area contributed by atoms with Gasteiger partial charge in [0.05, 0.1) is 12.3 Å². The lowest BCUT2D eigenvalue weighted by Gasteiger charge is -2.17. The number of nitrogens with zero attached hydrogens (tertiary/aromatic N) is 1. The SMILES string of the molecule is CCCCCC(C)NC(=NCCS(=O)(=O)CC)NCC.I. The van der Waals surface area contributed by atoms with E-state index in [9.17, 15) is 8.42 Å². The predicted molar refractivity (Wildman–Crippen MR) is 102 cm³/mol. The minimum absolute atomic E-state index is 0. The Morgan fingerprint density at radius 2 is 1.86 bits per heavy atom. The molecule has 0 fully saturated rings. The van der Waals surface area contributed by atoms with Crippen molar-refractivity contribution in [3.05, 3.63) is 0 Å². The Hall–Kier alpha value is -0.0500. The van der Waals surface area contributed by atoms with E-state index in [0.717, 1.165) is 13.0 Å². The van der Waals surface area contributed by atoms with Crippen molar-refractivity contribution in [2.24, 2.45) is 4.99 Å². The zero-order valence-corrected chi connectivity index (χ0v) is 17.0. The van der Waals surface area contributed by atoms with Crippen molar-refractivity contribution in [3.63, 3.8) is 0 Å². The van der Waals surface area contributed by atoms with Gasteiger partial charge in [0.1, 0.15) is 0 Å². The molecule has 1 atom stereocenters. The second-order valence-corrected chi connectivity index (χ2v) is 7.51. The lowest BCUT2D eigenvalue weighted by atomic mass is 10.1. The van der Waals surface area contributed by atoms with Crippen LogP contribution in [-0.2, 0) is 9.84 Å². The molecule has 0 aromatic carbocycles. The summed E-state index contributed by atoms with van der Waals surface area (Å²) in [4.78, 5) is 4.33. The van der Waals surface area contributed by atoms with Crippen LogP contribution < -0.4 is 10.6 Å². The third kappa shape index (κ3) is 13.3. The molecule has 0 radical (unpaired) electrons. The Bertz CT molecular complexity index is 372. The van der Waals surface area contributed by atoms with E-state index in [1.165, 1.54) is 19.3 Å². The largest absolute Gasteiger partial charge is 0.357 e. The minimum Gasteiger partial charge on any atom is -0.357 e. The Labute approximate surface area is 147 Å². The second kappa shape index (κ2) is 13.6. The van der Waals surface area contributed by atoms with Crippen LogP contribution in [-0.4, -0.2) is 45.0 Å². The van der Waals surface area contributed by atoms with Crippen LogP contribution in [0.1, 0.15) is 53.4 Å². The highest BCUT2D eigenvalue weighted by Gasteiger charge is 2.08. The summed E-state index contributed by atoms with van der Waals surface area (Å²) in [5, 5.41) is 6.48. The van der Waals surface area contributed by atoms with Gasteiger partial charge in [-0.15, -0.1) is 24.0 Å². The van der Waals surface area contributed by atoms with Gasteiger partial charge in [0.15, 0.2) is 15.8 Å². The number of sulfone groups is 1. The fourth-order valence-electron chi connectivity index (χ4n) is 1.77. The molecule has 21 heavy (non-hydrogen) atoms. The van der Waals surface area contributed by atoms with Gasteiger partial charge in [0, 0.05) is 18.3 Å². The number of nitrogens with one attached hydrogen (secondary N) is 2. The highest BCUT2D eigenvalue weighted by molar-refractivity contribution is 14.0. The van der Waals surface area contributed by atoms with Crippen LogP contribution in [0.15, 0.2) is 4.99 Å². The first-order valence-electron chi connectivity index (χ1n) is 7.70. The molecule has 7 heteroatoms. The number of hydrogen-bond donors (Lipinski definition) is 2. The van der Waals surface area contributed by atoms with Crippen LogP contribution >= 0.6 is 24.0 Å². The van der Waals surface area contributed by atoms with Gasteiger partial charge < -0.3 is 10.6 Å². The summed E-state index contributed by atoms with van der Waals surface area (Å²) in [5.41, 5.74) is 0. The standard InChI is InChI=1S/C14H31N3O2S.HI/c1-5-8-9-10-13(4)17-14(15-6-2)16-11-12-20(18,19)7-3;/h13H,5-12H2,1-4H3,(H2,15,16,17);1H. The van der Waals surface area contributed by atoms with Crippen LogP contribution in [0.4, 0.5) is 0 Å². The van der Waals surface area contributed by atoms with E-state index in [1.54, 1.807) is 6.92 Å². The van der Waals surface area contributed by atoms with E-state index in [2.05, 4.69) is 29.5 Å². The number of guanidine groups is 1. The highest BCUT2D eigenvalue weighted by atomic mass is 127. The smallest absolute Gasteiger partial charge is 0.191 e. The predicted octanol–water partition coefficient (Wildman–Crippen LogP) is 2.56. The van der Waals surface area contributed by atoms with Crippen molar-refractivity contribution in [3.8, 4) is 0 Å². The van der Waals surface area contributed by atoms with Gasteiger partial charge in [-0.2, -0.15) is 0 Å². The molecule has 0 aromatic rings. The number of hydrogen-bond acceptors (Lipinski definition) is 3. The molecule has 2 N–H and O–H groups in total. The summed E-state index contributed by atoms with van der Waals surface area (Å²) in [6.07, 6.45) is 4.77. The molecule has 0 bridgehead atoms. The Morgan fingerprint density at radius 3 is 2.38 bits per heavy atom. The fraction of sp³-hybridized carbons (Fsp3) is 0.929. The first-order chi connectivity index (χ1) is 9.45. The zero-order chi connectivity index (χ0) is 15.4. The summed E-state index contributed by atoms with van der Waals surface area (Å²) in [6, 6.07) is 0.349. The summed E-state index contributed by atoms with van der Waals surface area (Å²) in [6.45, 7) is 9.07. The number of rotatable bonds is 10. The average molecular weight is 433 g/mol. The molecular weight excluding hydrogens is 401 g/mol. The Balaban J connectivity index is 0. The topological polar surface area (TPSA) is 70.6 Å². The van der Waals surface area contributed by atoms with Crippen molar-refractivity contribution in [1.29, 1.82) is 0 Å². The fourth-order valence-corrected chi connectivity index (χ4v) is 2.43. The molecule has 5 nitrogen and oxygen atoms in total. The third-order valence-electron chi connectivity index (χ3n) is 3.08. The van der Waals surface area contributed by atoms with Crippen molar-refractivity contribution in [1.82, 2.24) is 10.6 Å². The van der Waals surface area contributed by atoms with E-state index < -0.39 is 9.84 Å². The molecule has 0 aliphatic carbocycles. The monoisotopic (exact) mass is 433 g/mol. The molecule has 1 unspecified atom stereocenters. The van der Waals surface area contributed by atoms with Gasteiger partial charge in [0.2, 0.25) is 0 Å². The van der Waals surface area contributed by atoms with Gasteiger partial charge >= 0.3 is 0 Å². The van der Waals surface area contributed by atoms with Crippen LogP contribution in [0.3, 0.4) is 0 Å².